The van der Waals surface area contributed by atoms with Crippen molar-refractivity contribution in [2.24, 2.45) is 5.41 Å². The average molecular weight is 355 g/mol. The summed E-state index contributed by atoms with van der Waals surface area (Å²) < 4.78 is 1.88. The van der Waals surface area contributed by atoms with Gasteiger partial charge >= 0.3 is 5.97 Å². The van der Waals surface area contributed by atoms with Crippen molar-refractivity contribution in [3.63, 3.8) is 0 Å². The van der Waals surface area contributed by atoms with Crippen LogP contribution in [0.25, 0.3) is 5.69 Å². The Morgan fingerprint density at radius 3 is 2.38 bits per heavy atom. The highest BCUT2D eigenvalue weighted by atomic mass is 16.4. The smallest absolute Gasteiger partial charge is 0.310 e. The molecule has 0 radical (unpaired) electrons. The second-order valence-corrected chi connectivity index (χ2v) is 7.34. The van der Waals surface area contributed by atoms with Crippen molar-refractivity contribution in [2.75, 3.05) is 0 Å². The number of hydrogen-bond donors (Lipinski definition) is 2. The van der Waals surface area contributed by atoms with Gasteiger partial charge in [-0.15, -0.1) is 0 Å². The SMILES string of the molecule is Cc1cc(C)n(-c2ccc(C(C)NC(=O)CC3(C(=O)O)CCC3)cc2)n1. The molecule has 1 saturated carbocycles. The lowest BCUT2D eigenvalue weighted by Gasteiger charge is -2.37. The predicted molar refractivity (Wildman–Crippen MR) is 98.1 cm³/mol. The summed E-state index contributed by atoms with van der Waals surface area (Å²) in [7, 11) is 0. The maximum absolute atomic E-state index is 12.3. The number of carbonyl (C=O) groups excluding carboxylic acids is 1. The van der Waals surface area contributed by atoms with E-state index in [0.717, 1.165) is 29.1 Å². The van der Waals surface area contributed by atoms with Crippen molar-refractivity contribution in [3.8, 4) is 5.69 Å². The van der Waals surface area contributed by atoms with E-state index < -0.39 is 11.4 Å². The summed E-state index contributed by atoms with van der Waals surface area (Å²) in [4.78, 5) is 23.7. The van der Waals surface area contributed by atoms with Crippen LogP contribution in [-0.2, 0) is 9.59 Å². The van der Waals surface area contributed by atoms with Gasteiger partial charge in [-0.25, -0.2) is 4.68 Å². The number of rotatable bonds is 6. The highest BCUT2D eigenvalue weighted by Gasteiger charge is 2.45. The summed E-state index contributed by atoms with van der Waals surface area (Å²) in [5, 5.41) is 16.8. The van der Waals surface area contributed by atoms with Gasteiger partial charge in [0.15, 0.2) is 0 Å². The first-order valence-electron chi connectivity index (χ1n) is 8.97. The van der Waals surface area contributed by atoms with Gasteiger partial charge in [-0.1, -0.05) is 18.6 Å². The van der Waals surface area contributed by atoms with Gasteiger partial charge in [0.1, 0.15) is 0 Å². The van der Waals surface area contributed by atoms with Crippen LogP contribution in [0.3, 0.4) is 0 Å². The number of hydrogen-bond acceptors (Lipinski definition) is 3. The van der Waals surface area contributed by atoms with Crippen LogP contribution in [0.1, 0.15) is 55.6 Å². The molecule has 3 rings (SSSR count). The van der Waals surface area contributed by atoms with E-state index in [0.29, 0.717) is 12.8 Å². The Morgan fingerprint density at radius 2 is 1.92 bits per heavy atom. The van der Waals surface area contributed by atoms with Crippen molar-refractivity contribution in [1.82, 2.24) is 15.1 Å². The Labute approximate surface area is 153 Å². The number of carbonyl (C=O) groups is 2. The zero-order chi connectivity index (χ0) is 18.9. The topological polar surface area (TPSA) is 84.2 Å². The molecule has 1 aromatic heterocycles. The van der Waals surface area contributed by atoms with Gasteiger partial charge in [0.25, 0.3) is 0 Å². The molecule has 6 nitrogen and oxygen atoms in total. The molecule has 0 saturated heterocycles. The number of aliphatic carboxylic acids is 1. The molecule has 0 spiro atoms. The molecule has 1 atom stereocenters. The number of nitrogens with zero attached hydrogens (tertiary/aromatic N) is 2. The normalized spacial score (nSPS) is 16.6. The number of nitrogens with one attached hydrogen (secondary N) is 1. The second kappa shape index (κ2) is 6.94. The lowest BCUT2D eigenvalue weighted by molar-refractivity contribution is -0.157. The third-order valence-corrected chi connectivity index (χ3v) is 5.29. The standard InChI is InChI=1S/C20H25N3O3/c1-13-11-14(2)23(22-13)17-7-5-16(6-8-17)15(3)21-18(24)12-20(19(25)26)9-4-10-20/h5-8,11,15H,4,9-10,12H2,1-3H3,(H,21,24)(H,25,26). The first kappa shape index (κ1) is 18.2. The first-order valence-corrected chi connectivity index (χ1v) is 8.97. The fourth-order valence-electron chi connectivity index (χ4n) is 3.55. The van der Waals surface area contributed by atoms with Crippen molar-refractivity contribution in [1.29, 1.82) is 0 Å². The predicted octanol–water partition coefficient (Wildman–Crippen LogP) is 3.31. The fourth-order valence-corrected chi connectivity index (χ4v) is 3.55. The molecule has 1 unspecified atom stereocenters. The summed E-state index contributed by atoms with van der Waals surface area (Å²) in [6.45, 7) is 5.88. The van der Waals surface area contributed by atoms with E-state index in [9.17, 15) is 14.7 Å². The largest absolute Gasteiger partial charge is 0.481 e. The first-order chi connectivity index (χ1) is 12.3. The van der Waals surface area contributed by atoms with Gasteiger partial charge in [-0.3, -0.25) is 9.59 Å². The number of carboxylic acids is 1. The summed E-state index contributed by atoms with van der Waals surface area (Å²) in [5.41, 5.74) is 3.12. The lowest BCUT2D eigenvalue weighted by atomic mass is 9.66. The minimum Gasteiger partial charge on any atom is -0.481 e. The molecule has 1 amide bonds. The lowest BCUT2D eigenvalue weighted by Crippen LogP contribution is -2.43. The van der Waals surface area contributed by atoms with Crippen LogP contribution in [0.15, 0.2) is 30.3 Å². The molecule has 6 heteroatoms. The Hall–Kier alpha value is -2.63. The Bertz CT molecular complexity index is 819. The number of aromatic nitrogens is 2. The van der Waals surface area contributed by atoms with E-state index in [-0.39, 0.29) is 18.4 Å². The number of carboxylic acid groups (broad SMARTS) is 1. The fraction of sp³-hybridized carbons (Fsp3) is 0.450. The third kappa shape index (κ3) is 3.49. The highest BCUT2D eigenvalue weighted by molar-refractivity contribution is 5.85. The maximum Gasteiger partial charge on any atom is 0.310 e. The van der Waals surface area contributed by atoms with Crippen molar-refractivity contribution >= 4 is 11.9 Å². The molecular weight excluding hydrogens is 330 g/mol. The van der Waals surface area contributed by atoms with Crippen LogP contribution in [0.5, 0.6) is 0 Å². The van der Waals surface area contributed by atoms with Gasteiger partial charge in [-0.2, -0.15) is 5.10 Å². The molecule has 26 heavy (non-hydrogen) atoms. The molecule has 0 bridgehead atoms. The zero-order valence-electron chi connectivity index (χ0n) is 15.5. The molecule has 0 aliphatic heterocycles. The van der Waals surface area contributed by atoms with E-state index in [1.54, 1.807) is 0 Å². The molecule has 1 fully saturated rings. The number of amides is 1. The Morgan fingerprint density at radius 1 is 1.27 bits per heavy atom. The maximum atomic E-state index is 12.3. The van der Waals surface area contributed by atoms with Crippen LogP contribution < -0.4 is 5.32 Å². The summed E-state index contributed by atoms with van der Waals surface area (Å²) in [6, 6.07) is 9.72. The average Bonchev–Trinajstić information content (AvgIpc) is 2.89. The summed E-state index contributed by atoms with van der Waals surface area (Å²) in [5.74, 6) is -1.07. The van der Waals surface area contributed by atoms with Gasteiger partial charge in [0.05, 0.1) is 22.8 Å². The molecule has 2 aromatic rings. The van der Waals surface area contributed by atoms with Gasteiger partial charge in [-0.05, 0) is 57.4 Å². The molecular formula is C20H25N3O3. The summed E-state index contributed by atoms with van der Waals surface area (Å²) >= 11 is 0. The molecule has 1 aromatic carbocycles. The molecule has 1 heterocycles. The molecule has 1 aliphatic rings. The second-order valence-electron chi connectivity index (χ2n) is 7.34. The van der Waals surface area contributed by atoms with Crippen LogP contribution in [0.2, 0.25) is 0 Å². The highest BCUT2D eigenvalue weighted by Crippen LogP contribution is 2.44. The minimum absolute atomic E-state index is 0.0521. The van der Waals surface area contributed by atoms with E-state index in [1.807, 2.05) is 55.8 Å². The van der Waals surface area contributed by atoms with Crippen LogP contribution >= 0.6 is 0 Å². The van der Waals surface area contributed by atoms with Gasteiger partial charge in [0.2, 0.25) is 5.91 Å². The molecule has 1 aliphatic carbocycles. The minimum atomic E-state index is -0.860. The molecule has 2 N–H and O–H groups in total. The quantitative estimate of drug-likeness (QED) is 0.832. The zero-order valence-corrected chi connectivity index (χ0v) is 15.5. The van der Waals surface area contributed by atoms with Gasteiger partial charge < -0.3 is 10.4 Å². The van der Waals surface area contributed by atoms with E-state index >= 15 is 0 Å². The monoisotopic (exact) mass is 355 g/mol. The van der Waals surface area contributed by atoms with Crippen LogP contribution in [0.4, 0.5) is 0 Å². The van der Waals surface area contributed by atoms with Crippen molar-refractivity contribution in [2.45, 2.75) is 52.5 Å². The third-order valence-electron chi connectivity index (χ3n) is 5.29. The van der Waals surface area contributed by atoms with Crippen LogP contribution in [0, 0.1) is 19.3 Å². The van der Waals surface area contributed by atoms with Gasteiger partial charge in [0, 0.05) is 12.1 Å². The number of benzene rings is 1. The Kier molecular flexibility index (Phi) is 4.85. The van der Waals surface area contributed by atoms with Crippen molar-refractivity contribution < 1.29 is 14.7 Å². The van der Waals surface area contributed by atoms with E-state index in [4.69, 9.17) is 0 Å². The van der Waals surface area contributed by atoms with E-state index in [1.165, 1.54) is 0 Å². The Balaban J connectivity index is 1.65. The summed E-state index contributed by atoms with van der Waals surface area (Å²) in [6.07, 6.45) is 2.10. The van der Waals surface area contributed by atoms with E-state index in [2.05, 4.69) is 10.4 Å². The molecule has 138 valence electrons. The van der Waals surface area contributed by atoms with Crippen molar-refractivity contribution in [3.05, 3.63) is 47.3 Å². The number of aryl methyl sites for hydroxylation is 2. The van der Waals surface area contributed by atoms with Crippen LogP contribution in [-0.4, -0.2) is 26.8 Å².